The van der Waals surface area contributed by atoms with Crippen LogP contribution in [0.15, 0.2) is 24.5 Å². The number of halogens is 1. The highest BCUT2D eigenvalue weighted by molar-refractivity contribution is 7.17. The number of carboxylic acid groups (broad SMARTS) is 1. The van der Waals surface area contributed by atoms with Gasteiger partial charge in [0.15, 0.2) is 4.96 Å². The number of aryl methyl sites for hydroxylation is 1. The minimum Gasteiger partial charge on any atom is -0.496 e. The van der Waals surface area contributed by atoms with Crippen LogP contribution in [0, 0.1) is 6.92 Å². The lowest BCUT2D eigenvalue weighted by Gasteiger charge is -2.10. The Morgan fingerprint density at radius 3 is 2.86 bits per heavy atom. The first-order valence-corrected chi connectivity index (χ1v) is 7.71. The highest BCUT2D eigenvalue weighted by Gasteiger charge is 2.15. The van der Waals surface area contributed by atoms with Crippen molar-refractivity contribution >= 4 is 33.9 Å². The average molecular weight is 337 g/mol. The van der Waals surface area contributed by atoms with Crippen LogP contribution in [0.25, 0.3) is 16.2 Å². The van der Waals surface area contributed by atoms with Crippen molar-refractivity contribution in [2.45, 2.75) is 13.3 Å². The van der Waals surface area contributed by atoms with Gasteiger partial charge in [-0.05, 0) is 24.6 Å². The van der Waals surface area contributed by atoms with Crippen LogP contribution in [0.5, 0.6) is 5.75 Å². The van der Waals surface area contributed by atoms with Gasteiger partial charge in [0.05, 0.1) is 19.2 Å². The van der Waals surface area contributed by atoms with Gasteiger partial charge in [0.25, 0.3) is 0 Å². The van der Waals surface area contributed by atoms with Crippen molar-refractivity contribution in [1.29, 1.82) is 0 Å². The fraction of sp³-hybridized carbons (Fsp3) is 0.200. The van der Waals surface area contributed by atoms with E-state index in [1.807, 2.05) is 29.7 Å². The van der Waals surface area contributed by atoms with Crippen molar-refractivity contribution in [1.82, 2.24) is 9.38 Å². The quantitative estimate of drug-likeness (QED) is 0.789. The molecule has 0 radical (unpaired) electrons. The molecule has 0 atom stereocenters. The average Bonchev–Trinajstić information content (AvgIpc) is 2.94. The molecule has 0 aliphatic heterocycles. The molecule has 22 heavy (non-hydrogen) atoms. The third-order valence-corrected chi connectivity index (χ3v) is 4.46. The number of nitrogens with zero attached hydrogens (tertiary/aromatic N) is 2. The van der Waals surface area contributed by atoms with Crippen LogP contribution in [0.4, 0.5) is 0 Å². The van der Waals surface area contributed by atoms with E-state index in [9.17, 15) is 4.79 Å². The number of imidazole rings is 1. The van der Waals surface area contributed by atoms with Crippen molar-refractivity contribution < 1.29 is 14.6 Å². The summed E-state index contributed by atoms with van der Waals surface area (Å²) in [5.74, 6) is -0.113. The van der Waals surface area contributed by atoms with Crippen LogP contribution in [0.1, 0.15) is 10.4 Å². The van der Waals surface area contributed by atoms with Gasteiger partial charge in [0, 0.05) is 27.9 Å². The number of carboxylic acids is 1. The molecule has 0 fully saturated rings. The summed E-state index contributed by atoms with van der Waals surface area (Å²) in [6.07, 6.45) is 3.64. The lowest BCUT2D eigenvalue weighted by Crippen LogP contribution is -1.97. The molecule has 0 aliphatic rings. The van der Waals surface area contributed by atoms with Gasteiger partial charge in [-0.2, -0.15) is 0 Å². The molecule has 0 spiro atoms. The van der Waals surface area contributed by atoms with E-state index in [2.05, 4.69) is 4.98 Å². The maximum Gasteiger partial charge on any atom is 0.308 e. The number of hydrogen-bond acceptors (Lipinski definition) is 4. The van der Waals surface area contributed by atoms with Gasteiger partial charge in [-0.15, -0.1) is 11.3 Å². The normalized spacial score (nSPS) is 11.0. The Morgan fingerprint density at radius 1 is 1.45 bits per heavy atom. The SMILES string of the molecule is COc1c(C)cc(Cl)cc1-c1cn2cc(CC(=O)O)sc2n1. The molecule has 1 aromatic carbocycles. The number of benzene rings is 1. The number of thiazole rings is 1. The molecule has 0 bridgehead atoms. The van der Waals surface area contributed by atoms with Gasteiger partial charge in [0.1, 0.15) is 5.75 Å². The first kappa shape index (κ1) is 14.9. The molecule has 1 N–H and O–H groups in total. The minimum absolute atomic E-state index is 0.00293. The third-order valence-electron chi connectivity index (χ3n) is 3.25. The molecule has 0 saturated heterocycles. The standard InChI is InChI=1S/C15H13ClN2O3S/c1-8-3-9(16)4-11(14(8)21-2)12-7-18-6-10(5-13(19)20)22-15(18)17-12/h3-4,6-7H,5H2,1-2H3,(H,19,20). The zero-order valence-corrected chi connectivity index (χ0v) is 13.5. The van der Waals surface area contributed by atoms with Crippen LogP contribution in [-0.4, -0.2) is 27.6 Å². The maximum atomic E-state index is 10.8. The Kier molecular flexibility index (Phi) is 3.80. The largest absolute Gasteiger partial charge is 0.496 e. The summed E-state index contributed by atoms with van der Waals surface area (Å²) >= 11 is 7.49. The molecule has 0 amide bonds. The maximum absolute atomic E-state index is 10.8. The van der Waals surface area contributed by atoms with E-state index < -0.39 is 5.97 Å². The number of hydrogen-bond donors (Lipinski definition) is 1. The summed E-state index contributed by atoms with van der Waals surface area (Å²) < 4.78 is 7.28. The predicted octanol–water partition coefficient (Wildman–Crippen LogP) is 3.66. The Bertz CT molecular complexity index is 838. The van der Waals surface area contributed by atoms with E-state index in [4.69, 9.17) is 21.4 Å². The minimum atomic E-state index is -0.850. The number of fused-ring (bicyclic) bond motifs is 1. The highest BCUT2D eigenvalue weighted by atomic mass is 35.5. The smallest absolute Gasteiger partial charge is 0.308 e. The van der Waals surface area contributed by atoms with Crippen LogP contribution in [0.3, 0.4) is 0 Å². The molecule has 2 aromatic heterocycles. The van der Waals surface area contributed by atoms with Gasteiger partial charge >= 0.3 is 5.97 Å². The van der Waals surface area contributed by atoms with Crippen molar-refractivity contribution in [3.8, 4) is 17.0 Å². The van der Waals surface area contributed by atoms with E-state index >= 15 is 0 Å². The van der Waals surface area contributed by atoms with E-state index in [0.29, 0.717) is 5.02 Å². The van der Waals surface area contributed by atoms with E-state index in [0.717, 1.165) is 32.4 Å². The lowest BCUT2D eigenvalue weighted by atomic mass is 10.1. The number of aromatic nitrogens is 2. The Balaban J connectivity index is 2.07. The third kappa shape index (κ3) is 2.67. The molecule has 114 valence electrons. The summed E-state index contributed by atoms with van der Waals surface area (Å²) in [6.45, 7) is 1.93. The monoisotopic (exact) mass is 336 g/mol. The van der Waals surface area contributed by atoms with E-state index in [1.165, 1.54) is 11.3 Å². The second-order valence-corrected chi connectivity index (χ2v) is 6.42. The molecule has 0 saturated carbocycles. The van der Waals surface area contributed by atoms with Crippen molar-refractivity contribution in [3.63, 3.8) is 0 Å². The van der Waals surface area contributed by atoms with Gasteiger partial charge in [-0.1, -0.05) is 11.6 Å². The fourth-order valence-electron chi connectivity index (χ4n) is 2.40. The Labute approximate surface area is 135 Å². The highest BCUT2D eigenvalue weighted by Crippen LogP contribution is 2.36. The first-order chi connectivity index (χ1) is 10.5. The fourth-order valence-corrected chi connectivity index (χ4v) is 3.62. The summed E-state index contributed by atoms with van der Waals surface area (Å²) in [5.41, 5.74) is 2.51. The van der Waals surface area contributed by atoms with Gasteiger partial charge in [-0.25, -0.2) is 4.98 Å². The van der Waals surface area contributed by atoms with Crippen LogP contribution in [0.2, 0.25) is 5.02 Å². The zero-order valence-electron chi connectivity index (χ0n) is 12.0. The summed E-state index contributed by atoms with van der Waals surface area (Å²) in [5, 5.41) is 9.46. The summed E-state index contributed by atoms with van der Waals surface area (Å²) in [6, 6.07) is 3.66. The predicted molar refractivity (Wildman–Crippen MR) is 86.1 cm³/mol. The van der Waals surface area contributed by atoms with Crippen LogP contribution >= 0.6 is 22.9 Å². The molecule has 5 nitrogen and oxygen atoms in total. The lowest BCUT2D eigenvalue weighted by molar-refractivity contribution is -0.136. The number of aliphatic carboxylic acids is 1. The molecule has 0 unspecified atom stereocenters. The van der Waals surface area contributed by atoms with E-state index in [1.54, 1.807) is 13.3 Å². The Hall–Kier alpha value is -2.05. The topological polar surface area (TPSA) is 63.8 Å². The zero-order chi connectivity index (χ0) is 15.9. The molecular weight excluding hydrogens is 324 g/mol. The molecule has 3 aromatic rings. The molecule has 3 rings (SSSR count). The molecule has 2 heterocycles. The van der Waals surface area contributed by atoms with Crippen molar-refractivity contribution in [3.05, 3.63) is 40.0 Å². The van der Waals surface area contributed by atoms with Crippen molar-refractivity contribution in [2.24, 2.45) is 0 Å². The second-order valence-electron chi connectivity index (χ2n) is 4.89. The summed E-state index contributed by atoms with van der Waals surface area (Å²) in [4.78, 5) is 16.8. The van der Waals surface area contributed by atoms with E-state index in [-0.39, 0.29) is 6.42 Å². The van der Waals surface area contributed by atoms with Crippen LogP contribution < -0.4 is 4.74 Å². The number of carbonyl (C=O) groups is 1. The van der Waals surface area contributed by atoms with Gasteiger partial charge < -0.3 is 9.84 Å². The molecule has 7 heteroatoms. The molecule has 0 aliphatic carbocycles. The molecular formula is C15H13ClN2O3S. The first-order valence-electron chi connectivity index (χ1n) is 6.51. The number of ether oxygens (including phenoxy) is 1. The Morgan fingerprint density at radius 2 is 2.23 bits per heavy atom. The number of methoxy groups -OCH3 is 1. The number of rotatable bonds is 4. The second kappa shape index (κ2) is 5.62. The van der Waals surface area contributed by atoms with Crippen molar-refractivity contribution in [2.75, 3.05) is 7.11 Å². The van der Waals surface area contributed by atoms with Crippen LogP contribution in [-0.2, 0) is 11.2 Å². The van der Waals surface area contributed by atoms with Gasteiger partial charge in [-0.3, -0.25) is 9.20 Å². The summed E-state index contributed by atoms with van der Waals surface area (Å²) in [7, 11) is 1.61. The van der Waals surface area contributed by atoms with Gasteiger partial charge in [0.2, 0.25) is 0 Å².